The number of rotatable bonds is 4. The minimum atomic E-state index is -0.464. The Morgan fingerprint density at radius 2 is 1.89 bits per heavy atom. The summed E-state index contributed by atoms with van der Waals surface area (Å²) in [6.45, 7) is 5.14. The molecule has 19 heavy (non-hydrogen) atoms. The molecule has 1 aromatic rings. The molecule has 0 radical (unpaired) electrons. The maximum absolute atomic E-state index is 10.7. The number of hydrogen-bond acceptors (Lipinski definition) is 3. The van der Waals surface area contributed by atoms with Crippen LogP contribution in [0.15, 0.2) is 24.5 Å². The minimum Gasteiger partial charge on any atom is -0.388 e. The number of aromatic nitrogens is 1. The van der Waals surface area contributed by atoms with E-state index in [2.05, 4.69) is 18.8 Å². The molecule has 0 saturated heterocycles. The van der Waals surface area contributed by atoms with Gasteiger partial charge in [0.2, 0.25) is 0 Å². The normalized spacial score (nSPS) is 29.4. The van der Waals surface area contributed by atoms with Crippen LogP contribution in [-0.2, 0) is 0 Å². The van der Waals surface area contributed by atoms with Crippen LogP contribution in [0, 0.1) is 17.3 Å². The van der Waals surface area contributed by atoms with Crippen LogP contribution in [-0.4, -0.2) is 16.6 Å². The third-order valence-electron chi connectivity index (χ3n) is 4.98. The monoisotopic (exact) mass is 262 g/mol. The van der Waals surface area contributed by atoms with Crippen molar-refractivity contribution in [2.24, 2.45) is 23.0 Å². The molecule has 1 atom stereocenters. The van der Waals surface area contributed by atoms with E-state index < -0.39 is 6.10 Å². The van der Waals surface area contributed by atoms with Crippen molar-refractivity contribution in [3.63, 3.8) is 0 Å². The van der Waals surface area contributed by atoms with Crippen LogP contribution in [0.5, 0.6) is 0 Å². The molecule has 3 N–H and O–H groups in total. The van der Waals surface area contributed by atoms with Crippen LogP contribution < -0.4 is 5.73 Å². The predicted octanol–water partition coefficient (Wildman–Crippen LogP) is 2.91. The second-order valence-corrected chi connectivity index (χ2v) is 6.33. The van der Waals surface area contributed by atoms with Crippen molar-refractivity contribution >= 4 is 0 Å². The van der Waals surface area contributed by atoms with Gasteiger partial charge in [0.1, 0.15) is 0 Å². The molecule has 1 heterocycles. The van der Waals surface area contributed by atoms with Crippen molar-refractivity contribution in [2.45, 2.75) is 45.6 Å². The van der Waals surface area contributed by atoms with E-state index in [4.69, 9.17) is 5.73 Å². The minimum absolute atomic E-state index is 0.146. The first-order valence-corrected chi connectivity index (χ1v) is 7.37. The highest BCUT2D eigenvalue weighted by Crippen LogP contribution is 2.48. The zero-order valence-corrected chi connectivity index (χ0v) is 12.0. The molecule has 3 heteroatoms. The van der Waals surface area contributed by atoms with E-state index in [1.807, 2.05) is 12.1 Å². The Kier molecular flexibility index (Phi) is 4.58. The Hall–Kier alpha value is -0.930. The van der Waals surface area contributed by atoms with E-state index in [1.165, 1.54) is 12.8 Å². The van der Waals surface area contributed by atoms with E-state index in [0.29, 0.717) is 6.54 Å². The Morgan fingerprint density at radius 1 is 1.32 bits per heavy atom. The zero-order chi connectivity index (χ0) is 13.9. The fourth-order valence-corrected chi connectivity index (χ4v) is 3.37. The van der Waals surface area contributed by atoms with E-state index in [-0.39, 0.29) is 5.41 Å². The highest BCUT2D eigenvalue weighted by molar-refractivity contribution is 5.17. The number of hydrogen-bond donors (Lipinski definition) is 2. The lowest BCUT2D eigenvalue weighted by molar-refractivity contribution is -0.0148. The topological polar surface area (TPSA) is 59.1 Å². The summed E-state index contributed by atoms with van der Waals surface area (Å²) in [6, 6.07) is 3.80. The molecule has 0 bridgehead atoms. The average molecular weight is 262 g/mol. The molecule has 0 spiro atoms. The van der Waals surface area contributed by atoms with Crippen molar-refractivity contribution in [1.82, 2.24) is 4.98 Å². The van der Waals surface area contributed by atoms with E-state index in [1.54, 1.807) is 12.4 Å². The second-order valence-electron chi connectivity index (χ2n) is 6.33. The quantitative estimate of drug-likeness (QED) is 0.877. The number of aliphatic hydroxyl groups excluding tert-OH is 1. The van der Waals surface area contributed by atoms with Gasteiger partial charge in [-0.25, -0.2) is 0 Å². The van der Waals surface area contributed by atoms with Gasteiger partial charge in [-0.1, -0.05) is 13.8 Å². The largest absolute Gasteiger partial charge is 0.388 e. The lowest BCUT2D eigenvalue weighted by atomic mass is 9.64. The summed E-state index contributed by atoms with van der Waals surface area (Å²) in [5, 5.41) is 10.7. The molecule has 1 aromatic heterocycles. The molecule has 1 aliphatic carbocycles. The van der Waals surface area contributed by atoms with Gasteiger partial charge < -0.3 is 10.8 Å². The van der Waals surface area contributed by atoms with Gasteiger partial charge >= 0.3 is 0 Å². The van der Waals surface area contributed by atoms with Crippen molar-refractivity contribution in [2.75, 3.05) is 6.54 Å². The second kappa shape index (κ2) is 6.02. The number of nitrogens with zero attached hydrogens (tertiary/aromatic N) is 1. The van der Waals surface area contributed by atoms with Crippen molar-refractivity contribution in [1.29, 1.82) is 0 Å². The Morgan fingerprint density at radius 3 is 2.37 bits per heavy atom. The van der Waals surface area contributed by atoms with Crippen molar-refractivity contribution in [3.05, 3.63) is 30.1 Å². The van der Waals surface area contributed by atoms with Crippen molar-refractivity contribution in [3.8, 4) is 0 Å². The Bertz CT molecular complexity index is 383. The highest BCUT2D eigenvalue weighted by Gasteiger charge is 2.41. The first-order chi connectivity index (χ1) is 9.09. The summed E-state index contributed by atoms with van der Waals surface area (Å²) in [5.41, 5.74) is 6.82. The van der Waals surface area contributed by atoms with Crippen LogP contribution in [0.1, 0.15) is 51.2 Å². The van der Waals surface area contributed by atoms with Gasteiger partial charge in [0.05, 0.1) is 6.10 Å². The predicted molar refractivity (Wildman–Crippen MR) is 77.5 cm³/mol. The molecule has 0 aromatic carbocycles. The third-order valence-corrected chi connectivity index (χ3v) is 4.98. The van der Waals surface area contributed by atoms with Gasteiger partial charge in [0.15, 0.2) is 0 Å². The Balaban J connectivity index is 2.12. The first-order valence-electron chi connectivity index (χ1n) is 7.37. The summed E-state index contributed by atoms with van der Waals surface area (Å²) in [6.07, 6.45) is 7.42. The molecule has 0 aliphatic heterocycles. The maximum atomic E-state index is 10.7. The fourth-order valence-electron chi connectivity index (χ4n) is 3.37. The van der Waals surface area contributed by atoms with Crippen LogP contribution >= 0.6 is 0 Å². The van der Waals surface area contributed by atoms with Gasteiger partial charge in [-0.2, -0.15) is 0 Å². The van der Waals surface area contributed by atoms with E-state index >= 15 is 0 Å². The van der Waals surface area contributed by atoms with Crippen LogP contribution in [0.4, 0.5) is 0 Å². The highest BCUT2D eigenvalue weighted by atomic mass is 16.3. The molecule has 1 saturated carbocycles. The Labute approximate surface area is 116 Å². The average Bonchev–Trinajstić information content (AvgIpc) is 2.47. The van der Waals surface area contributed by atoms with Gasteiger partial charge in [-0.3, -0.25) is 4.98 Å². The van der Waals surface area contributed by atoms with E-state index in [0.717, 1.165) is 30.2 Å². The lowest BCUT2D eigenvalue weighted by Crippen LogP contribution is -2.40. The first kappa shape index (κ1) is 14.5. The molecule has 1 unspecified atom stereocenters. The molecule has 1 aliphatic rings. The smallest absolute Gasteiger partial charge is 0.0859 e. The van der Waals surface area contributed by atoms with Crippen LogP contribution in [0.25, 0.3) is 0 Å². The van der Waals surface area contributed by atoms with Gasteiger partial charge in [0, 0.05) is 24.4 Å². The standard InChI is InChI=1S/C16H26N2O/c1-12(2)13-3-7-16(11-17,8-4-13)15(19)14-5-9-18-10-6-14/h5-6,9-10,12-13,15,19H,3-4,7-8,11,17H2,1-2H3. The molecular weight excluding hydrogens is 236 g/mol. The van der Waals surface area contributed by atoms with Gasteiger partial charge in [-0.15, -0.1) is 0 Å². The summed E-state index contributed by atoms with van der Waals surface area (Å²) >= 11 is 0. The van der Waals surface area contributed by atoms with Crippen LogP contribution in [0.3, 0.4) is 0 Å². The molecule has 106 valence electrons. The molecule has 2 rings (SSSR count). The van der Waals surface area contributed by atoms with E-state index in [9.17, 15) is 5.11 Å². The zero-order valence-electron chi connectivity index (χ0n) is 12.0. The SMILES string of the molecule is CC(C)C1CCC(CN)(C(O)c2ccncc2)CC1. The van der Waals surface area contributed by atoms with Crippen LogP contribution in [0.2, 0.25) is 0 Å². The van der Waals surface area contributed by atoms with Crippen molar-refractivity contribution < 1.29 is 5.11 Å². The summed E-state index contributed by atoms with van der Waals surface area (Å²) < 4.78 is 0. The van der Waals surface area contributed by atoms with Gasteiger partial charge in [0.25, 0.3) is 0 Å². The molecule has 1 fully saturated rings. The number of aliphatic hydroxyl groups is 1. The lowest BCUT2D eigenvalue weighted by Gasteiger charge is -2.43. The summed E-state index contributed by atoms with van der Waals surface area (Å²) in [4.78, 5) is 4.01. The molecule has 0 amide bonds. The summed E-state index contributed by atoms with van der Waals surface area (Å²) in [5.74, 6) is 1.51. The number of nitrogens with two attached hydrogens (primary N) is 1. The number of pyridine rings is 1. The molecule has 3 nitrogen and oxygen atoms in total. The maximum Gasteiger partial charge on any atom is 0.0859 e. The summed E-state index contributed by atoms with van der Waals surface area (Å²) in [7, 11) is 0. The molecular formula is C16H26N2O. The van der Waals surface area contributed by atoms with Gasteiger partial charge in [-0.05, 0) is 55.2 Å². The fraction of sp³-hybridized carbons (Fsp3) is 0.688. The third kappa shape index (κ3) is 2.98.